The first-order valence-electron chi connectivity index (χ1n) is 6.82. The zero-order valence-corrected chi connectivity index (χ0v) is 15.4. The van der Waals surface area contributed by atoms with Crippen LogP contribution in [0.25, 0.3) is 10.9 Å². The molecule has 2 aromatic rings. The second kappa shape index (κ2) is 6.99. The molecule has 0 radical (unpaired) electrons. The number of nitrogens with one attached hydrogen (secondary N) is 1. The summed E-state index contributed by atoms with van der Waals surface area (Å²) >= 11 is 10.4. The number of rotatable bonds is 4. The number of thioether (sulfide) groups is 1. The zero-order valence-electron chi connectivity index (χ0n) is 12.3. The van der Waals surface area contributed by atoms with Gasteiger partial charge in [0.15, 0.2) is 16.7 Å². The van der Waals surface area contributed by atoms with E-state index in [9.17, 15) is 14.0 Å². The molecule has 128 valence electrons. The Morgan fingerprint density at radius 3 is 2.96 bits per heavy atom. The number of aromatic amines is 1. The van der Waals surface area contributed by atoms with Crippen LogP contribution in [0.3, 0.4) is 0 Å². The third kappa shape index (κ3) is 2.94. The average molecular weight is 438 g/mol. The average Bonchev–Trinajstić information content (AvgIpc) is 3.03. The van der Waals surface area contributed by atoms with Gasteiger partial charge < -0.3 is 19.3 Å². The van der Waals surface area contributed by atoms with E-state index in [0.29, 0.717) is 0 Å². The van der Waals surface area contributed by atoms with Crippen molar-refractivity contribution in [3.05, 3.63) is 25.7 Å². The van der Waals surface area contributed by atoms with Gasteiger partial charge in [-0.2, -0.15) is 0 Å². The maximum Gasteiger partial charge on any atom is 0.263 e. The minimum absolute atomic E-state index is 0.0244. The number of carbonyl (C=O) groups excluding carboxylic acids is 1. The molecular weight excluding hydrogens is 427 g/mol. The van der Waals surface area contributed by atoms with Crippen LogP contribution in [-0.2, 0) is 9.53 Å². The predicted molar refractivity (Wildman–Crippen MR) is 91.6 cm³/mol. The standard InChI is InChI=1S/C14H11BrClFN2O4S/c1-24-14-18-11-7(13(21)19-14)12(9(16)8(15)10(11)17)23-6-4-22-3-5(6)2-20/h2,5-6H,3-4H2,1H3,(H,18,19,21). The first-order chi connectivity index (χ1) is 11.5. The highest BCUT2D eigenvalue weighted by atomic mass is 79.9. The summed E-state index contributed by atoms with van der Waals surface area (Å²) in [5.74, 6) is -1.26. The van der Waals surface area contributed by atoms with Crippen LogP contribution < -0.4 is 10.3 Å². The quantitative estimate of drug-likeness (QED) is 0.343. The second-order valence-electron chi connectivity index (χ2n) is 5.06. The lowest BCUT2D eigenvalue weighted by molar-refractivity contribution is -0.112. The first kappa shape index (κ1) is 17.7. The molecule has 24 heavy (non-hydrogen) atoms. The number of halogens is 3. The van der Waals surface area contributed by atoms with E-state index in [0.717, 1.165) is 6.29 Å². The van der Waals surface area contributed by atoms with Crippen LogP contribution in [0, 0.1) is 11.7 Å². The van der Waals surface area contributed by atoms with Crippen molar-refractivity contribution in [3.63, 3.8) is 0 Å². The summed E-state index contributed by atoms with van der Waals surface area (Å²) < 4.78 is 25.4. The minimum atomic E-state index is -0.752. The van der Waals surface area contributed by atoms with Crippen LogP contribution in [0.4, 0.5) is 4.39 Å². The molecule has 1 aromatic heterocycles. The number of H-pyrrole nitrogens is 1. The van der Waals surface area contributed by atoms with Crippen molar-refractivity contribution in [3.8, 4) is 5.75 Å². The number of carbonyl (C=O) groups is 1. The fourth-order valence-corrected chi connectivity index (χ4v) is 3.36. The molecular formula is C14H11BrClFN2O4S. The Kier molecular flexibility index (Phi) is 5.14. The highest BCUT2D eigenvalue weighted by Gasteiger charge is 2.32. The van der Waals surface area contributed by atoms with Crippen molar-refractivity contribution in [1.29, 1.82) is 0 Å². The van der Waals surface area contributed by atoms with E-state index in [1.165, 1.54) is 11.8 Å². The molecule has 1 saturated heterocycles. The van der Waals surface area contributed by atoms with Gasteiger partial charge >= 0.3 is 0 Å². The Balaban J connectivity index is 2.23. The molecule has 1 fully saturated rings. The number of fused-ring (bicyclic) bond motifs is 1. The number of aromatic nitrogens is 2. The van der Waals surface area contributed by atoms with Crippen molar-refractivity contribution in [2.24, 2.45) is 5.92 Å². The summed E-state index contributed by atoms with van der Waals surface area (Å²) in [6.45, 7) is 0.391. The van der Waals surface area contributed by atoms with Crippen molar-refractivity contribution in [1.82, 2.24) is 9.97 Å². The molecule has 1 aliphatic rings. The lowest BCUT2D eigenvalue weighted by atomic mass is 10.1. The smallest absolute Gasteiger partial charge is 0.263 e. The van der Waals surface area contributed by atoms with Crippen LogP contribution in [0.15, 0.2) is 14.4 Å². The molecule has 0 spiro atoms. The van der Waals surface area contributed by atoms with Crippen molar-refractivity contribution >= 4 is 56.5 Å². The maximum absolute atomic E-state index is 14.5. The molecule has 1 aliphatic heterocycles. The van der Waals surface area contributed by atoms with E-state index in [1.54, 1.807) is 6.26 Å². The van der Waals surface area contributed by atoms with Crippen LogP contribution in [0.1, 0.15) is 0 Å². The number of nitrogens with zero attached hydrogens (tertiary/aromatic N) is 1. The van der Waals surface area contributed by atoms with Gasteiger partial charge in [-0.3, -0.25) is 4.79 Å². The minimum Gasteiger partial charge on any atom is -0.485 e. The largest absolute Gasteiger partial charge is 0.485 e. The monoisotopic (exact) mass is 436 g/mol. The Hall–Kier alpha value is -1.16. The van der Waals surface area contributed by atoms with Gasteiger partial charge in [0, 0.05) is 0 Å². The predicted octanol–water partition coefficient (Wildman–Crippen LogP) is 2.79. The molecule has 1 N–H and O–H groups in total. The summed E-state index contributed by atoms with van der Waals surface area (Å²) in [6, 6.07) is 0. The number of benzene rings is 1. The summed E-state index contributed by atoms with van der Waals surface area (Å²) in [5.41, 5.74) is -0.731. The van der Waals surface area contributed by atoms with Crippen LogP contribution in [-0.4, -0.2) is 41.8 Å². The fraction of sp³-hybridized carbons (Fsp3) is 0.357. The molecule has 6 nitrogen and oxygen atoms in total. The molecule has 1 aromatic carbocycles. The van der Waals surface area contributed by atoms with E-state index in [2.05, 4.69) is 25.9 Å². The van der Waals surface area contributed by atoms with Gasteiger partial charge in [-0.15, -0.1) is 0 Å². The molecule has 0 saturated carbocycles. The number of hydrogen-bond donors (Lipinski definition) is 1. The van der Waals surface area contributed by atoms with E-state index in [4.69, 9.17) is 21.1 Å². The molecule has 0 aliphatic carbocycles. The van der Waals surface area contributed by atoms with Crippen molar-refractivity contribution in [2.45, 2.75) is 11.3 Å². The maximum atomic E-state index is 14.5. The highest BCUT2D eigenvalue weighted by Crippen LogP contribution is 2.41. The van der Waals surface area contributed by atoms with Crippen LogP contribution >= 0.6 is 39.3 Å². The SMILES string of the molecule is CSc1nc2c(F)c(Br)c(Cl)c(OC3COCC3C=O)c2c(=O)[nH]1. The zero-order chi connectivity index (χ0) is 17.4. The van der Waals surface area contributed by atoms with E-state index < -0.39 is 23.4 Å². The Morgan fingerprint density at radius 1 is 1.54 bits per heavy atom. The van der Waals surface area contributed by atoms with Gasteiger partial charge in [-0.1, -0.05) is 23.4 Å². The number of aldehydes is 1. The van der Waals surface area contributed by atoms with E-state index >= 15 is 0 Å². The van der Waals surface area contributed by atoms with Crippen LogP contribution in [0.2, 0.25) is 5.02 Å². The van der Waals surface area contributed by atoms with Gasteiger partial charge in [0.05, 0.1) is 23.6 Å². The number of ether oxygens (including phenoxy) is 2. The second-order valence-corrected chi connectivity index (χ2v) is 7.03. The Bertz CT molecular complexity index is 878. The topological polar surface area (TPSA) is 81.3 Å². The van der Waals surface area contributed by atoms with Crippen molar-refractivity contribution < 1.29 is 18.7 Å². The molecule has 0 amide bonds. The molecule has 3 rings (SSSR count). The normalized spacial score (nSPS) is 20.5. The molecule has 2 atom stereocenters. The summed E-state index contributed by atoms with van der Waals surface area (Å²) in [5, 5.41) is 0.0670. The summed E-state index contributed by atoms with van der Waals surface area (Å²) in [4.78, 5) is 30.1. The van der Waals surface area contributed by atoms with Crippen LogP contribution in [0.5, 0.6) is 5.75 Å². The first-order valence-corrected chi connectivity index (χ1v) is 9.21. The lowest BCUT2D eigenvalue weighted by Crippen LogP contribution is -2.27. The van der Waals surface area contributed by atoms with E-state index in [-0.39, 0.29) is 44.5 Å². The third-order valence-electron chi connectivity index (χ3n) is 3.62. The lowest BCUT2D eigenvalue weighted by Gasteiger charge is -2.19. The van der Waals surface area contributed by atoms with Crippen molar-refractivity contribution in [2.75, 3.05) is 19.5 Å². The Morgan fingerprint density at radius 2 is 2.29 bits per heavy atom. The molecule has 2 heterocycles. The van der Waals surface area contributed by atoms with E-state index in [1.807, 2.05) is 0 Å². The summed E-state index contributed by atoms with van der Waals surface area (Å²) in [7, 11) is 0. The molecule has 0 bridgehead atoms. The van der Waals surface area contributed by atoms with Gasteiger partial charge in [0.2, 0.25) is 0 Å². The highest BCUT2D eigenvalue weighted by molar-refractivity contribution is 9.10. The third-order valence-corrected chi connectivity index (χ3v) is 5.54. The fourth-order valence-electron chi connectivity index (χ4n) is 2.39. The Labute approximate surface area is 153 Å². The van der Waals surface area contributed by atoms with Gasteiger partial charge in [0.25, 0.3) is 5.56 Å². The van der Waals surface area contributed by atoms with Gasteiger partial charge in [0.1, 0.15) is 28.3 Å². The summed E-state index contributed by atoms with van der Waals surface area (Å²) in [6.07, 6.45) is 1.82. The number of hydrogen-bond acceptors (Lipinski definition) is 6. The van der Waals surface area contributed by atoms with Gasteiger partial charge in [-0.25, -0.2) is 9.37 Å². The molecule has 10 heteroatoms. The van der Waals surface area contributed by atoms with Gasteiger partial charge in [-0.05, 0) is 22.2 Å². The molecule has 2 unspecified atom stereocenters.